The first-order valence-corrected chi connectivity index (χ1v) is 5.78. The van der Waals surface area contributed by atoms with Crippen LogP contribution < -0.4 is 0 Å². The summed E-state index contributed by atoms with van der Waals surface area (Å²) in [6.45, 7) is 0. The van der Waals surface area contributed by atoms with Crippen LogP contribution in [0.4, 0.5) is 0 Å². The zero-order valence-corrected chi connectivity index (χ0v) is 9.65. The standard InChI is InChI=1S/C12H8IN/c13-9-1-2-10-11-4-7(12(10)5-9)3-8(11)6-14/h1-3,5,7,11H,4H2/t7-,11+/m1/s1. The number of nitriles is 1. The average molecular weight is 293 g/mol. The molecule has 0 N–H and O–H groups in total. The second-order valence-electron chi connectivity index (χ2n) is 3.90. The topological polar surface area (TPSA) is 23.8 Å². The lowest BCUT2D eigenvalue weighted by molar-refractivity contribution is 0.794. The van der Waals surface area contributed by atoms with Crippen LogP contribution in [0.15, 0.2) is 29.8 Å². The third kappa shape index (κ3) is 0.992. The van der Waals surface area contributed by atoms with E-state index in [-0.39, 0.29) is 0 Å². The van der Waals surface area contributed by atoms with Gasteiger partial charge in [0.2, 0.25) is 0 Å². The zero-order valence-electron chi connectivity index (χ0n) is 7.50. The first-order valence-electron chi connectivity index (χ1n) is 4.71. The molecule has 0 fully saturated rings. The Morgan fingerprint density at radius 3 is 3.00 bits per heavy atom. The predicted molar refractivity (Wildman–Crippen MR) is 63.0 cm³/mol. The van der Waals surface area contributed by atoms with E-state index in [9.17, 15) is 0 Å². The molecule has 0 heterocycles. The van der Waals surface area contributed by atoms with E-state index in [2.05, 4.69) is 52.9 Å². The third-order valence-corrected chi connectivity index (χ3v) is 3.87. The van der Waals surface area contributed by atoms with Gasteiger partial charge in [0.1, 0.15) is 0 Å². The number of hydrogen-bond donors (Lipinski definition) is 0. The molecule has 0 spiro atoms. The highest BCUT2D eigenvalue weighted by Gasteiger charge is 2.37. The van der Waals surface area contributed by atoms with Crippen LogP contribution in [-0.2, 0) is 0 Å². The van der Waals surface area contributed by atoms with E-state index in [1.165, 1.54) is 14.7 Å². The van der Waals surface area contributed by atoms with E-state index < -0.39 is 0 Å². The summed E-state index contributed by atoms with van der Waals surface area (Å²) in [5, 5.41) is 8.95. The molecule has 1 aromatic carbocycles. The molecule has 1 aromatic rings. The molecule has 2 aliphatic rings. The molecule has 0 saturated heterocycles. The average Bonchev–Trinajstić information content (AvgIpc) is 2.74. The smallest absolute Gasteiger partial charge is 0.0950 e. The van der Waals surface area contributed by atoms with Crippen molar-refractivity contribution in [1.29, 1.82) is 5.26 Å². The normalized spacial score (nSPS) is 27.0. The number of nitrogens with zero attached hydrogens (tertiary/aromatic N) is 1. The molecular weight excluding hydrogens is 285 g/mol. The van der Waals surface area contributed by atoms with Crippen molar-refractivity contribution in [2.24, 2.45) is 0 Å². The van der Waals surface area contributed by atoms with Crippen molar-refractivity contribution in [3.63, 3.8) is 0 Å². The summed E-state index contributed by atoms with van der Waals surface area (Å²) in [6.07, 6.45) is 3.27. The third-order valence-electron chi connectivity index (χ3n) is 3.20. The number of allylic oxidation sites excluding steroid dienone is 2. The maximum absolute atomic E-state index is 8.95. The lowest BCUT2D eigenvalue weighted by Gasteiger charge is -2.12. The van der Waals surface area contributed by atoms with Gasteiger partial charge in [0, 0.05) is 21.0 Å². The molecule has 68 valence electrons. The molecule has 0 radical (unpaired) electrons. The van der Waals surface area contributed by atoms with Crippen LogP contribution in [-0.4, -0.2) is 0 Å². The fourth-order valence-electron chi connectivity index (χ4n) is 2.59. The SMILES string of the molecule is N#CC1=C[C@@H]2C[C@@H]1c1ccc(I)cc12. The quantitative estimate of drug-likeness (QED) is 0.673. The summed E-state index contributed by atoms with van der Waals surface area (Å²) >= 11 is 2.34. The molecule has 1 nitrogen and oxygen atoms in total. The number of hydrogen-bond acceptors (Lipinski definition) is 1. The van der Waals surface area contributed by atoms with Crippen LogP contribution in [0.1, 0.15) is 29.4 Å². The Labute approximate surface area is 96.6 Å². The van der Waals surface area contributed by atoms with Crippen molar-refractivity contribution in [3.05, 3.63) is 44.5 Å². The summed E-state index contributed by atoms with van der Waals surface area (Å²) in [4.78, 5) is 0. The van der Waals surface area contributed by atoms with Gasteiger partial charge in [-0.25, -0.2) is 0 Å². The van der Waals surface area contributed by atoms with Crippen molar-refractivity contribution < 1.29 is 0 Å². The minimum Gasteiger partial charge on any atom is -0.193 e. The Morgan fingerprint density at radius 1 is 1.36 bits per heavy atom. The van der Waals surface area contributed by atoms with Gasteiger partial charge in [-0.1, -0.05) is 12.1 Å². The van der Waals surface area contributed by atoms with Gasteiger partial charge in [-0.15, -0.1) is 0 Å². The Kier molecular flexibility index (Phi) is 1.72. The second kappa shape index (κ2) is 2.83. The fraction of sp³-hybridized carbons (Fsp3) is 0.250. The molecule has 3 rings (SSSR count). The number of fused-ring (bicyclic) bond motifs is 5. The van der Waals surface area contributed by atoms with Crippen molar-refractivity contribution >= 4 is 22.6 Å². The van der Waals surface area contributed by atoms with Gasteiger partial charge in [0.05, 0.1) is 6.07 Å². The van der Waals surface area contributed by atoms with Gasteiger partial charge in [-0.2, -0.15) is 5.26 Å². The van der Waals surface area contributed by atoms with E-state index in [1.807, 2.05) is 0 Å². The van der Waals surface area contributed by atoms with E-state index >= 15 is 0 Å². The van der Waals surface area contributed by atoms with Crippen LogP contribution in [0.25, 0.3) is 0 Å². The predicted octanol–water partition coefficient (Wildman–Crippen LogP) is 3.33. The molecule has 0 aliphatic heterocycles. The zero-order chi connectivity index (χ0) is 9.71. The van der Waals surface area contributed by atoms with Gasteiger partial charge in [0.15, 0.2) is 0 Å². The summed E-state index contributed by atoms with van der Waals surface area (Å²) in [7, 11) is 0. The minimum atomic E-state index is 0.400. The Balaban J connectivity index is 2.17. The first-order chi connectivity index (χ1) is 6.79. The van der Waals surface area contributed by atoms with Crippen molar-refractivity contribution in [3.8, 4) is 6.07 Å². The largest absolute Gasteiger partial charge is 0.193 e. The molecule has 2 aliphatic carbocycles. The van der Waals surface area contributed by atoms with Gasteiger partial charge in [0.25, 0.3) is 0 Å². The molecule has 0 amide bonds. The van der Waals surface area contributed by atoms with Gasteiger partial charge < -0.3 is 0 Å². The Hall–Kier alpha value is -0.820. The molecule has 0 saturated carbocycles. The number of rotatable bonds is 0. The molecule has 2 heteroatoms. The molecule has 14 heavy (non-hydrogen) atoms. The van der Waals surface area contributed by atoms with Crippen LogP contribution >= 0.6 is 22.6 Å². The summed E-state index contributed by atoms with van der Waals surface area (Å²) < 4.78 is 1.29. The van der Waals surface area contributed by atoms with Crippen LogP contribution in [0.5, 0.6) is 0 Å². The monoisotopic (exact) mass is 293 g/mol. The summed E-state index contributed by atoms with van der Waals surface area (Å²) in [5.41, 5.74) is 3.80. The highest BCUT2D eigenvalue weighted by atomic mass is 127. The lowest BCUT2D eigenvalue weighted by Crippen LogP contribution is -1.97. The van der Waals surface area contributed by atoms with E-state index in [0.29, 0.717) is 11.8 Å². The van der Waals surface area contributed by atoms with Crippen LogP contribution in [0, 0.1) is 14.9 Å². The molecule has 0 unspecified atom stereocenters. The first kappa shape index (κ1) is 8.49. The lowest BCUT2D eigenvalue weighted by atomic mass is 9.92. The van der Waals surface area contributed by atoms with Gasteiger partial charge >= 0.3 is 0 Å². The van der Waals surface area contributed by atoms with Crippen molar-refractivity contribution in [1.82, 2.24) is 0 Å². The molecule has 2 atom stereocenters. The number of benzene rings is 1. The Morgan fingerprint density at radius 2 is 2.21 bits per heavy atom. The van der Waals surface area contributed by atoms with Gasteiger partial charge in [-0.05, 0) is 52.3 Å². The van der Waals surface area contributed by atoms with E-state index in [0.717, 1.165) is 12.0 Å². The van der Waals surface area contributed by atoms with Crippen molar-refractivity contribution in [2.75, 3.05) is 0 Å². The summed E-state index contributed by atoms with van der Waals surface area (Å²) in [5.74, 6) is 0.913. The van der Waals surface area contributed by atoms with E-state index in [4.69, 9.17) is 5.26 Å². The highest BCUT2D eigenvalue weighted by Crippen LogP contribution is 2.52. The van der Waals surface area contributed by atoms with Crippen LogP contribution in [0.3, 0.4) is 0 Å². The number of halogens is 1. The maximum Gasteiger partial charge on any atom is 0.0950 e. The Bertz CT molecular complexity index is 482. The molecular formula is C12H8IN. The highest BCUT2D eigenvalue weighted by molar-refractivity contribution is 14.1. The molecule has 0 aromatic heterocycles. The van der Waals surface area contributed by atoms with E-state index in [1.54, 1.807) is 0 Å². The van der Waals surface area contributed by atoms with Gasteiger partial charge in [-0.3, -0.25) is 0 Å². The molecule has 2 bridgehead atoms. The second-order valence-corrected chi connectivity index (χ2v) is 5.15. The van der Waals surface area contributed by atoms with Crippen molar-refractivity contribution in [2.45, 2.75) is 18.3 Å². The van der Waals surface area contributed by atoms with Crippen LogP contribution in [0.2, 0.25) is 0 Å². The fourth-order valence-corrected chi connectivity index (χ4v) is 3.11. The minimum absolute atomic E-state index is 0.400. The maximum atomic E-state index is 8.95. The summed E-state index contributed by atoms with van der Waals surface area (Å²) in [6, 6.07) is 8.89.